The lowest BCUT2D eigenvalue weighted by molar-refractivity contribution is -0.155. The summed E-state index contributed by atoms with van der Waals surface area (Å²) < 4.78 is 22.6. The topological polar surface area (TPSA) is 105 Å². The van der Waals surface area contributed by atoms with E-state index in [1.807, 2.05) is 0 Å². The molecule has 0 amide bonds. The van der Waals surface area contributed by atoms with Crippen LogP contribution in [0.1, 0.15) is 96.8 Å². The molecule has 0 radical (unpaired) electrons. The quantitative estimate of drug-likeness (QED) is 0.365. The summed E-state index contributed by atoms with van der Waals surface area (Å²) in [6.45, 7) is 2.44. The first-order valence-electron chi connectivity index (χ1n) is 15.2. The Morgan fingerprint density at radius 1 is 0.500 bits per heavy atom. The highest BCUT2D eigenvalue weighted by atomic mass is 16.6. The Balaban J connectivity index is 0.902. The maximum Gasteiger partial charge on any atom is 0.317 e. The number of carbonyl (C=O) groups excluding carboxylic acids is 4. The second-order valence-corrected chi connectivity index (χ2v) is 13.0. The maximum atomic E-state index is 12.0. The van der Waals surface area contributed by atoms with Crippen molar-refractivity contribution >= 4 is 23.9 Å². The van der Waals surface area contributed by atoms with Gasteiger partial charge in [0, 0.05) is 0 Å². The van der Waals surface area contributed by atoms with E-state index < -0.39 is 0 Å². The third-order valence-corrected chi connectivity index (χ3v) is 10.9. The van der Waals surface area contributed by atoms with Gasteiger partial charge < -0.3 is 18.9 Å². The molecule has 4 saturated carbocycles. The number of esters is 4. The van der Waals surface area contributed by atoms with Gasteiger partial charge in [-0.1, -0.05) is 6.92 Å². The van der Waals surface area contributed by atoms with E-state index in [-0.39, 0.29) is 72.0 Å². The van der Waals surface area contributed by atoms with E-state index >= 15 is 0 Å². The average molecular weight is 531 g/mol. The van der Waals surface area contributed by atoms with Crippen LogP contribution in [0.5, 0.6) is 0 Å². The number of hydrogen-bond acceptors (Lipinski definition) is 8. The molecule has 0 aromatic carbocycles. The SMILES string of the molecule is CC(C1CCC(OC2CCC3C(=O)OC(=O)C3C2)CC1)C1CCC(OC2CCC3C(=O)OC(=O)C3C2)CC1. The molecule has 38 heavy (non-hydrogen) atoms. The van der Waals surface area contributed by atoms with Crippen molar-refractivity contribution < 1.29 is 38.1 Å². The number of rotatable bonds is 6. The molecule has 0 bridgehead atoms. The predicted molar refractivity (Wildman–Crippen MR) is 134 cm³/mol. The van der Waals surface area contributed by atoms with Gasteiger partial charge in [-0.05, 0) is 108 Å². The van der Waals surface area contributed by atoms with E-state index in [1.54, 1.807) is 0 Å². The van der Waals surface area contributed by atoms with Crippen molar-refractivity contribution in [2.45, 2.75) is 121 Å². The lowest BCUT2D eigenvalue weighted by Gasteiger charge is -2.41. The molecular weight excluding hydrogens is 488 g/mol. The van der Waals surface area contributed by atoms with Gasteiger partial charge in [-0.15, -0.1) is 0 Å². The minimum absolute atomic E-state index is 0.0683. The monoisotopic (exact) mass is 530 g/mol. The van der Waals surface area contributed by atoms with Gasteiger partial charge in [0.15, 0.2) is 0 Å². The van der Waals surface area contributed by atoms with E-state index in [4.69, 9.17) is 18.9 Å². The van der Waals surface area contributed by atoms with Crippen molar-refractivity contribution in [2.24, 2.45) is 41.4 Å². The minimum atomic E-state index is -0.353. The first-order chi connectivity index (χ1) is 18.4. The Morgan fingerprint density at radius 3 is 1.24 bits per heavy atom. The van der Waals surface area contributed by atoms with Gasteiger partial charge in [0.2, 0.25) is 0 Å². The van der Waals surface area contributed by atoms with E-state index in [0.717, 1.165) is 50.4 Å². The third-order valence-electron chi connectivity index (χ3n) is 10.9. The molecule has 2 heterocycles. The number of cyclic esters (lactones) is 4. The second-order valence-electron chi connectivity index (χ2n) is 13.0. The number of carbonyl (C=O) groups is 4. The average Bonchev–Trinajstić information content (AvgIpc) is 3.37. The molecule has 8 heteroatoms. The Hall–Kier alpha value is -1.80. The molecule has 6 fully saturated rings. The van der Waals surface area contributed by atoms with Crippen molar-refractivity contribution in [2.75, 3.05) is 0 Å². The van der Waals surface area contributed by atoms with Crippen molar-refractivity contribution in [3.8, 4) is 0 Å². The molecule has 210 valence electrons. The predicted octanol–water partition coefficient (Wildman–Crippen LogP) is 4.51. The van der Waals surface area contributed by atoms with Crippen LogP contribution in [0.4, 0.5) is 0 Å². The van der Waals surface area contributed by atoms with Gasteiger partial charge in [0.25, 0.3) is 0 Å². The lowest BCUT2D eigenvalue weighted by Crippen LogP contribution is -2.37. The van der Waals surface area contributed by atoms with E-state index in [9.17, 15) is 19.2 Å². The van der Waals surface area contributed by atoms with Crippen LogP contribution in [0.2, 0.25) is 0 Å². The Kier molecular flexibility index (Phi) is 7.64. The first-order valence-corrected chi connectivity index (χ1v) is 15.2. The fourth-order valence-corrected chi connectivity index (χ4v) is 8.53. The van der Waals surface area contributed by atoms with Crippen molar-refractivity contribution in [3.05, 3.63) is 0 Å². The van der Waals surface area contributed by atoms with Crippen LogP contribution >= 0.6 is 0 Å². The van der Waals surface area contributed by atoms with Gasteiger partial charge in [-0.25, -0.2) is 0 Å². The van der Waals surface area contributed by atoms with Crippen LogP contribution < -0.4 is 0 Å². The summed E-state index contributed by atoms with van der Waals surface area (Å²) >= 11 is 0. The molecule has 0 N–H and O–H groups in total. The lowest BCUT2D eigenvalue weighted by atomic mass is 9.69. The normalized spacial score (nSPS) is 44.2. The van der Waals surface area contributed by atoms with E-state index in [2.05, 4.69) is 6.92 Å². The molecule has 0 aromatic rings. The van der Waals surface area contributed by atoms with E-state index in [0.29, 0.717) is 31.6 Å². The van der Waals surface area contributed by atoms with Crippen LogP contribution in [-0.2, 0) is 38.1 Å². The van der Waals surface area contributed by atoms with Crippen molar-refractivity contribution in [1.82, 2.24) is 0 Å². The molecule has 0 spiro atoms. The summed E-state index contributed by atoms with van der Waals surface area (Å²) in [5.74, 6) is -0.304. The van der Waals surface area contributed by atoms with Crippen LogP contribution in [0.15, 0.2) is 0 Å². The maximum absolute atomic E-state index is 12.0. The molecule has 6 unspecified atom stereocenters. The molecule has 2 saturated heterocycles. The summed E-state index contributed by atoms with van der Waals surface area (Å²) in [7, 11) is 0. The Morgan fingerprint density at radius 2 is 0.842 bits per heavy atom. The standard InChI is InChI=1S/C30H42O8/c1-16(17-2-6-19(7-3-17)35-21-10-12-23-25(14-21)29(33)37-27(23)31)18-4-8-20(9-5-18)36-22-11-13-24-26(15-22)30(34)38-28(24)32/h16-26H,2-15H2,1H3. The van der Waals surface area contributed by atoms with Gasteiger partial charge in [-0.2, -0.15) is 0 Å². The number of ether oxygens (including phenoxy) is 4. The van der Waals surface area contributed by atoms with Gasteiger partial charge in [0.1, 0.15) is 0 Å². The highest BCUT2D eigenvalue weighted by molar-refractivity contribution is 5.97. The zero-order valence-electron chi connectivity index (χ0n) is 22.5. The summed E-state index contributed by atoms with van der Waals surface area (Å²) in [5.41, 5.74) is 0. The summed E-state index contributed by atoms with van der Waals surface area (Å²) in [5, 5.41) is 0. The molecule has 4 aliphatic carbocycles. The van der Waals surface area contributed by atoms with Gasteiger partial charge in [0.05, 0.1) is 48.1 Å². The Labute approximate surface area is 224 Å². The number of fused-ring (bicyclic) bond motifs is 2. The van der Waals surface area contributed by atoms with Crippen LogP contribution in [0.25, 0.3) is 0 Å². The highest BCUT2D eigenvalue weighted by Crippen LogP contribution is 2.44. The van der Waals surface area contributed by atoms with Crippen LogP contribution in [-0.4, -0.2) is 48.3 Å². The molecule has 6 aliphatic rings. The summed E-state index contributed by atoms with van der Waals surface area (Å²) in [6.07, 6.45) is 14.1. The van der Waals surface area contributed by atoms with Crippen molar-refractivity contribution in [1.29, 1.82) is 0 Å². The molecular formula is C30H42O8. The second kappa shape index (κ2) is 11.0. The summed E-state index contributed by atoms with van der Waals surface area (Å²) in [6, 6.07) is 0. The van der Waals surface area contributed by atoms with Crippen molar-refractivity contribution in [3.63, 3.8) is 0 Å². The first kappa shape index (κ1) is 26.4. The highest BCUT2D eigenvalue weighted by Gasteiger charge is 2.49. The molecule has 2 aliphatic heterocycles. The molecule has 6 atom stereocenters. The van der Waals surface area contributed by atoms with Gasteiger partial charge >= 0.3 is 23.9 Å². The fourth-order valence-electron chi connectivity index (χ4n) is 8.53. The largest absolute Gasteiger partial charge is 0.393 e. The van der Waals surface area contributed by atoms with Crippen LogP contribution in [0, 0.1) is 41.4 Å². The summed E-state index contributed by atoms with van der Waals surface area (Å²) in [4.78, 5) is 47.5. The van der Waals surface area contributed by atoms with Gasteiger partial charge in [-0.3, -0.25) is 19.2 Å². The minimum Gasteiger partial charge on any atom is -0.393 e. The molecule has 6 rings (SSSR count). The Bertz CT molecular complexity index is 857. The smallest absolute Gasteiger partial charge is 0.317 e. The fraction of sp³-hybridized carbons (Fsp3) is 0.867. The van der Waals surface area contributed by atoms with Crippen LogP contribution in [0.3, 0.4) is 0 Å². The third kappa shape index (κ3) is 5.32. The zero-order valence-corrected chi connectivity index (χ0v) is 22.5. The van der Waals surface area contributed by atoms with E-state index in [1.165, 1.54) is 25.7 Å². The number of hydrogen-bond donors (Lipinski definition) is 0. The molecule has 0 aromatic heterocycles. The molecule has 8 nitrogen and oxygen atoms in total. The zero-order chi connectivity index (χ0) is 26.4.